The number of aliphatic hydroxyl groups excluding tert-OH is 2. The average Bonchev–Trinajstić information content (AvgIpc) is 2.04. The lowest BCUT2D eigenvalue weighted by Gasteiger charge is -2.04. The number of nitrogens with one attached hydrogen (secondary N) is 1. The van der Waals surface area contributed by atoms with Crippen molar-refractivity contribution < 1.29 is 15.0 Å². The zero-order valence-corrected chi connectivity index (χ0v) is 6.56. The predicted octanol–water partition coefficient (Wildman–Crippen LogP) is -0.693. The van der Waals surface area contributed by atoms with Crippen molar-refractivity contribution in [3.63, 3.8) is 0 Å². The summed E-state index contributed by atoms with van der Waals surface area (Å²) in [6.07, 6.45) is 0.0938. The summed E-state index contributed by atoms with van der Waals surface area (Å²) in [5, 5.41) is 19.4. The van der Waals surface area contributed by atoms with Crippen molar-refractivity contribution in [2.45, 2.75) is 25.4 Å². The Labute approximate surface area is 69.5 Å². The van der Waals surface area contributed by atoms with Crippen LogP contribution in [0.25, 0.3) is 0 Å². The first-order valence-corrected chi connectivity index (χ1v) is 3.60. The van der Waals surface area contributed by atoms with E-state index in [1.54, 1.807) is 5.43 Å². The maximum absolute atomic E-state index is 10.6. The Morgan fingerprint density at radius 2 is 2.25 bits per heavy atom. The summed E-state index contributed by atoms with van der Waals surface area (Å²) in [7, 11) is 0. The number of carbonyl (C=O) groups excluding carboxylic acids is 1. The Hall–Kier alpha value is -1.01. The second-order valence-corrected chi connectivity index (χ2v) is 2.35. The van der Waals surface area contributed by atoms with Crippen LogP contribution in [0.2, 0.25) is 0 Å². The number of nitrogens with zero attached hydrogens (tertiary/aromatic N) is 1. The van der Waals surface area contributed by atoms with Crippen LogP contribution in [0.3, 0.4) is 0 Å². The summed E-state index contributed by atoms with van der Waals surface area (Å²) >= 11 is 0. The van der Waals surface area contributed by atoms with Crippen LogP contribution in [0.4, 0.5) is 0 Å². The first-order chi connectivity index (χ1) is 5.70. The van der Waals surface area contributed by atoms with Gasteiger partial charge in [0.15, 0.2) is 0 Å². The Morgan fingerprint density at radius 1 is 1.58 bits per heavy atom. The van der Waals surface area contributed by atoms with Crippen LogP contribution in [0, 0.1) is 4.91 Å². The van der Waals surface area contributed by atoms with E-state index in [4.69, 9.17) is 10.2 Å². The van der Waals surface area contributed by atoms with Gasteiger partial charge in [-0.25, -0.2) is 5.43 Å². The fraction of sp³-hybridized carbons (Fsp3) is 0.833. The molecule has 0 aromatic carbocycles. The van der Waals surface area contributed by atoms with Crippen molar-refractivity contribution in [1.29, 1.82) is 0 Å². The van der Waals surface area contributed by atoms with Crippen LogP contribution >= 0.6 is 0 Å². The lowest BCUT2D eigenvalue weighted by molar-refractivity contribution is -0.121. The number of rotatable bonds is 6. The Balaban J connectivity index is 3.30. The molecule has 0 aliphatic heterocycles. The normalized spacial score (nSPS) is 12.2. The topological polar surface area (TPSA) is 99.0 Å². The second kappa shape index (κ2) is 6.68. The summed E-state index contributed by atoms with van der Waals surface area (Å²) in [5.41, 5.74) is 1.72. The summed E-state index contributed by atoms with van der Waals surface area (Å²) in [6, 6.07) is 0. The number of hydrogen-bond donors (Lipinski definition) is 3. The van der Waals surface area contributed by atoms with E-state index in [1.807, 2.05) is 0 Å². The smallest absolute Gasteiger partial charge is 0.242 e. The minimum absolute atomic E-state index is 0.128. The number of amides is 1. The van der Waals surface area contributed by atoms with Gasteiger partial charge in [-0.05, 0) is 12.8 Å². The molecule has 1 unspecified atom stereocenters. The van der Waals surface area contributed by atoms with Gasteiger partial charge in [-0.1, -0.05) is 0 Å². The number of aliphatic hydroxyl groups is 2. The van der Waals surface area contributed by atoms with Crippen LogP contribution in [-0.4, -0.2) is 28.8 Å². The van der Waals surface area contributed by atoms with Gasteiger partial charge in [0, 0.05) is 6.42 Å². The summed E-state index contributed by atoms with van der Waals surface area (Å²) in [5.74, 6) is -0.477. The van der Waals surface area contributed by atoms with Crippen molar-refractivity contribution in [2.24, 2.45) is 5.29 Å². The zero-order chi connectivity index (χ0) is 9.40. The molecule has 6 nitrogen and oxygen atoms in total. The maximum Gasteiger partial charge on any atom is 0.242 e. The zero-order valence-electron chi connectivity index (χ0n) is 6.56. The molecule has 70 valence electrons. The van der Waals surface area contributed by atoms with E-state index in [0.717, 1.165) is 0 Å². The molecule has 0 aliphatic rings. The number of carbonyl (C=O) groups is 1. The molecule has 1 atom stereocenters. The molecule has 0 radical (unpaired) electrons. The molecule has 0 spiro atoms. The molecule has 3 N–H and O–H groups in total. The highest BCUT2D eigenvalue weighted by molar-refractivity contribution is 5.75. The molecule has 0 bridgehead atoms. The maximum atomic E-state index is 10.6. The molecule has 0 saturated heterocycles. The highest BCUT2D eigenvalue weighted by atomic mass is 16.3. The highest BCUT2D eigenvalue weighted by Crippen LogP contribution is 1.99. The van der Waals surface area contributed by atoms with Crippen LogP contribution in [0.5, 0.6) is 0 Å². The van der Waals surface area contributed by atoms with Crippen molar-refractivity contribution >= 4 is 5.91 Å². The first-order valence-electron chi connectivity index (χ1n) is 3.60. The molecular formula is C6H12N2O4. The van der Waals surface area contributed by atoms with E-state index in [2.05, 4.69) is 5.29 Å². The van der Waals surface area contributed by atoms with E-state index >= 15 is 0 Å². The fourth-order valence-corrected chi connectivity index (χ4v) is 0.696. The third-order valence-electron chi connectivity index (χ3n) is 1.32. The molecule has 0 aromatic rings. The third-order valence-corrected chi connectivity index (χ3v) is 1.32. The van der Waals surface area contributed by atoms with Gasteiger partial charge in [0.05, 0.1) is 18.0 Å². The van der Waals surface area contributed by atoms with Crippen molar-refractivity contribution in [1.82, 2.24) is 5.43 Å². The molecule has 0 fully saturated rings. The lowest BCUT2D eigenvalue weighted by atomic mass is 10.1. The summed E-state index contributed by atoms with van der Waals surface area (Å²) in [6.45, 7) is -0.312. The van der Waals surface area contributed by atoms with E-state index in [9.17, 15) is 9.70 Å². The van der Waals surface area contributed by atoms with Crippen LogP contribution in [-0.2, 0) is 4.79 Å². The lowest BCUT2D eigenvalue weighted by Crippen LogP contribution is -2.17. The molecule has 0 aliphatic carbocycles. The first kappa shape index (κ1) is 11.0. The number of hydrogen-bond acceptors (Lipinski definition) is 5. The van der Waals surface area contributed by atoms with Gasteiger partial charge in [-0.2, -0.15) is 0 Å². The Kier molecular flexibility index (Phi) is 6.12. The van der Waals surface area contributed by atoms with Gasteiger partial charge in [-0.3, -0.25) is 4.79 Å². The van der Waals surface area contributed by atoms with Crippen LogP contribution in [0.1, 0.15) is 19.3 Å². The van der Waals surface area contributed by atoms with E-state index in [1.165, 1.54) is 0 Å². The minimum atomic E-state index is -0.790. The monoisotopic (exact) mass is 176 g/mol. The largest absolute Gasteiger partial charge is 0.394 e. The van der Waals surface area contributed by atoms with Crippen LogP contribution in [0.15, 0.2) is 5.29 Å². The molecule has 6 heteroatoms. The quantitative estimate of drug-likeness (QED) is 0.368. The van der Waals surface area contributed by atoms with Gasteiger partial charge in [0.25, 0.3) is 0 Å². The minimum Gasteiger partial charge on any atom is -0.394 e. The van der Waals surface area contributed by atoms with Gasteiger partial charge in [0.1, 0.15) is 0 Å². The molecule has 0 rings (SSSR count). The molecular weight excluding hydrogens is 164 g/mol. The van der Waals surface area contributed by atoms with Crippen LogP contribution < -0.4 is 5.43 Å². The SMILES string of the molecule is O=NNC(=O)CCCC(O)CO. The van der Waals surface area contributed by atoms with E-state index < -0.39 is 12.0 Å². The summed E-state index contributed by atoms with van der Waals surface area (Å²) < 4.78 is 0. The van der Waals surface area contributed by atoms with Crippen molar-refractivity contribution in [3.05, 3.63) is 4.91 Å². The summed E-state index contributed by atoms with van der Waals surface area (Å²) in [4.78, 5) is 20.1. The Morgan fingerprint density at radius 3 is 2.75 bits per heavy atom. The predicted molar refractivity (Wildman–Crippen MR) is 40.9 cm³/mol. The van der Waals surface area contributed by atoms with Crippen molar-refractivity contribution in [3.8, 4) is 0 Å². The molecule has 1 amide bonds. The fourth-order valence-electron chi connectivity index (χ4n) is 0.696. The Bertz CT molecular complexity index is 150. The molecule has 12 heavy (non-hydrogen) atoms. The highest BCUT2D eigenvalue weighted by Gasteiger charge is 2.04. The third kappa shape index (κ3) is 5.75. The molecule has 0 heterocycles. The molecule has 0 aromatic heterocycles. The second-order valence-electron chi connectivity index (χ2n) is 2.35. The number of nitroso groups, excluding NO2 is 1. The van der Waals surface area contributed by atoms with E-state index in [-0.39, 0.29) is 13.0 Å². The van der Waals surface area contributed by atoms with Crippen molar-refractivity contribution in [2.75, 3.05) is 6.61 Å². The van der Waals surface area contributed by atoms with E-state index in [0.29, 0.717) is 12.8 Å². The van der Waals surface area contributed by atoms with Gasteiger partial charge in [-0.15, -0.1) is 4.91 Å². The van der Waals surface area contributed by atoms with Gasteiger partial charge in [0.2, 0.25) is 5.91 Å². The average molecular weight is 176 g/mol. The van der Waals surface area contributed by atoms with Gasteiger partial charge < -0.3 is 10.2 Å². The standard InChI is InChI=1S/C6H12N2O4/c9-4-5(10)2-1-3-6(11)7-8-12/h5,9-10H,1-4H2,(H,7,11,12). The van der Waals surface area contributed by atoms with Gasteiger partial charge >= 0.3 is 0 Å². The molecule has 0 saturated carbocycles.